The van der Waals surface area contributed by atoms with E-state index < -0.39 is 17.3 Å². The number of anilines is 2. The van der Waals surface area contributed by atoms with Gasteiger partial charge in [0.2, 0.25) is 0 Å². The molecule has 2 heterocycles. The van der Waals surface area contributed by atoms with Crippen LogP contribution in [0.25, 0.3) is 10.9 Å². The van der Waals surface area contributed by atoms with E-state index in [1.54, 1.807) is 26.2 Å². The van der Waals surface area contributed by atoms with Gasteiger partial charge in [-0.1, -0.05) is 0 Å². The van der Waals surface area contributed by atoms with E-state index in [1.807, 2.05) is 13.8 Å². The van der Waals surface area contributed by atoms with E-state index >= 15 is 0 Å². The van der Waals surface area contributed by atoms with Gasteiger partial charge in [-0.2, -0.15) is 13.2 Å². The molecule has 7 nitrogen and oxygen atoms in total. The Bertz CT molecular complexity index is 1220. The number of nitrogens with zero attached hydrogens (tertiary/aromatic N) is 2. The Morgan fingerprint density at radius 2 is 1.89 bits per heavy atom. The van der Waals surface area contributed by atoms with Gasteiger partial charge in [-0.05, 0) is 63.4 Å². The summed E-state index contributed by atoms with van der Waals surface area (Å²) < 4.78 is 57.4. The number of aryl methyl sites for hydroxylation is 1. The SMILES string of the molecule is COc1cc2nc(C)nc(NCc3cc(N)cc(C(F)(F)F)c3)c2cc1OC(C)(C)C1CCCO1. The van der Waals surface area contributed by atoms with Crippen molar-refractivity contribution >= 4 is 22.4 Å². The van der Waals surface area contributed by atoms with E-state index in [0.717, 1.165) is 25.0 Å². The number of ether oxygens (including phenoxy) is 3. The van der Waals surface area contributed by atoms with E-state index in [1.165, 1.54) is 6.07 Å². The molecule has 0 aliphatic carbocycles. The molecule has 1 unspecified atom stereocenters. The van der Waals surface area contributed by atoms with Gasteiger partial charge in [0, 0.05) is 30.3 Å². The first kappa shape index (κ1) is 24.8. The van der Waals surface area contributed by atoms with Crippen LogP contribution in [0.4, 0.5) is 24.7 Å². The second kappa shape index (κ2) is 9.41. The van der Waals surface area contributed by atoms with Crippen LogP contribution in [0.3, 0.4) is 0 Å². The molecule has 3 aromatic rings. The summed E-state index contributed by atoms with van der Waals surface area (Å²) in [6.45, 7) is 6.46. The van der Waals surface area contributed by atoms with Crippen LogP contribution in [-0.2, 0) is 17.5 Å². The number of fused-ring (bicyclic) bond motifs is 1. The molecule has 10 heteroatoms. The number of nitrogens with two attached hydrogens (primary N) is 1. The van der Waals surface area contributed by atoms with Gasteiger partial charge in [0.1, 0.15) is 17.2 Å². The number of nitrogens with one attached hydrogen (secondary N) is 1. The number of aromatic nitrogens is 2. The second-order valence-corrected chi connectivity index (χ2v) is 9.16. The minimum absolute atomic E-state index is 0.0390. The third-order valence-corrected chi connectivity index (χ3v) is 5.97. The van der Waals surface area contributed by atoms with Crippen molar-refractivity contribution in [2.75, 3.05) is 24.8 Å². The van der Waals surface area contributed by atoms with Crippen molar-refractivity contribution in [2.45, 2.75) is 58.0 Å². The summed E-state index contributed by atoms with van der Waals surface area (Å²) in [5.74, 6) is 1.97. The largest absolute Gasteiger partial charge is 0.493 e. The van der Waals surface area contributed by atoms with Gasteiger partial charge in [0.15, 0.2) is 11.5 Å². The summed E-state index contributed by atoms with van der Waals surface area (Å²) in [7, 11) is 1.55. The molecule has 188 valence electrons. The molecule has 0 radical (unpaired) electrons. The fraction of sp³-hybridized carbons (Fsp3) is 0.440. The highest BCUT2D eigenvalue weighted by atomic mass is 19.4. The van der Waals surface area contributed by atoms with Crippen LogP contribution in [0, 0.1) is 6.92 Å². The van der Waals surface area contributed by atoms with Crippen molar-refractivity contribution in [2.24, 2.45) is 0 Å². The van der Waals surface area contributed by atoms with E-state index in [9.17, 15) is 13.2 Å². The first-order valence-electron chi connectivity index (χ1n) is 11.3. The molecule has 1 aliphatic heterocycles. The van der Waals surface area contributed by atoms with Crippen LogP contribution in [0.2, 0.25) is 0 Å². The highest BCUT2D eigenvalue weighted by Crippen LogP contribution is 2.38. The van der Waals surface area contributed by atoms with Crippen molar-refractivity contribution in [3.63, 3.8) is 0 Å². The molecule has 3 N–H and O–H groups in total. The highest BCUT2D eigenvalue weighted by Gasteiger charge is 2.36. The van der Waals surface area contributed by atoms with Crippen molar-refractivity contribution in [1.29, 1.82) is 0 Å². The molecule has 0 bridgehead atoms. The minimum Gasteiger partial charge on any atom is -0.493 e. The first-order valence-corrected chi connectivity index (χ1v) is 11.3. The number of hydrogen-bond acceptors (Lipinski definition) is 7. The van der Waals surface area contributed by atoms with Gasteiger partial charge in [-0.25, -0.2) is 9.97 Å². The second-order valence-electron chi connectivity index (χ2n) is 9.16. The van der Waals surface area contributed by atoms with Gasteiger partial charge < -0.3 is 25.3 Å². The topological polar surface area (TPSA) is 91.5 Å². The maximum atomic E-state index is 13.2. The zero-order chi connectivity index (χ0) is 25.4. The molecule has 1 aromatic heterocycles. The molecule has 1 atom stereocenters. The Morgan fingerprint density at radius 3 is 2.54 bits per heavy atom. The molecule has 2 aromatic carbocycles. The van der Waals surface area contributed by atoms with Crippen LogP contribution in [0.1, 0.15) is 43.6 Å². The smallest absolute Gasteiger partial charge is 0.416 e. The summed E-state index contributed by atoms with van der Waals surface area (Å²) in [5.41, 5.74) is 5.34. The summed E-state index contributed by atoms with van der Waals surface area (Å²) in [4.78, 5) is 8.98. The summed E-state index contributed by atoms with van der Waals surface area (Å²) in [6, 6.07) is 7.03. The Hall–Kier alpha value is -3.27. The third kappa shape index (κ3) is 5.53. The van der Waals surface area contributed by atoms with E-state index in [0.29, 0.717) is 46.2 Å². The van der Waals surface area contributed by atoms with E-state index in [2.05, 4.69) is 15.3 Å². The Labute approximate surface area is 201 Å². The van der Waals surface area contributed by atoms with Gasteiger partial charge in [-0.15, -0.1) is 0 Å². The molecule has 0 spiro atoms. The Balaban J connectivity index is 1.68. The lowest BCUT2D eigenvalue weighted by Crippen LogP contribution is -2.41. The average molecular weight is 491 g/mol. The van der Waals surface area contributed by atoms with Crippen LogP contribution < -0.4 is 20.5 Å². The fourth-order valence-electron chi connectivity index (χ4n) is 4.27. The number of halogens is 3. The zero-order valence-electron chi connectivity index (χ0n) is 20.1. The molecule has 1 aliphatic rings. The van der Waals surface area contributed by atoms with Gasteiger partial charge in [0.25, 0.3) is 0 Å². The number of methoxy groups -OCH3 is 1. The number of rotatable bonds is 7. The number of hydrogen-bond donors (Lipinski definition) is 2. The average Bonchev–Trinajstić information content (AvgIpc) is 3.32. The van der Waals surface area contributed by atoms with Crippen LogP contribution >= 0.6 is 0 Å². The predicted molar refractivity (Wildman–Crippen MR) is 128 cm³/mol. The van der Waals surface area contributed by atoms with Gasteiger partial charge in [0.05, 0.1) is 24.3 Å². The number of alkyl halides is 3. The van der Waals surface area contributed by atoms with Gasteiger partial charge >= 0.3 is 6.18 Å². The molecule has 1 fully saturated rings. The molecule has 35 heavy (non-hydrogen) atoms. The van der Waals surface area contributed by atoms with Crippen molar-refractivity contribution in [3.8, 4) is 11.5 Å². The predicted octanol–water partition coefficient (Wildman–Crippen LogP) is 5.50. The Kier molecular flexibility index (Phi) is 6.68. The van der Waals surface area contributed by atoms with Gasteiger partial charge in [-0.3, -0.25) is 0 Å². The van der Waals surface area contributed by atoms with E-state index in [-0.39, 0.29) is 18.3 Å². The van der Waals surface area contributed by atoms with Crippen LogP contribution in [0.15, 0.2) is 30.3 Å². The molecular weight excluding hydrogens is 461 g/mol. The Morgan fingerprint density at radius 1 is 1.11 bits per heavy atom. The minimum atomic E-state index is -4.49. The maximum absolute atomic E-state index is 13.2. The zero-order valence-corrected chi connectivity index (χ0v) is 20.1. The number of nitrogen functional groups attached to an aromatic ring is 1. The molecule has 0 saturated carbocycles. The molecule has 0 amide bonds. The summed E-state index contributed by atoms with van der Waals surface area (Å²) >= 11 is 0. The maximum Gasteiger partial charge on any atom is 0.416 e. The standard InChI is InChI=1S/C25H29F3N4O3/c1-14-31-19-12-20(33-4)21(35-24(2,3)22-6-5-7-34-22)11-18(19)23(32-14)30-13-15-8-16(25(26,27)28)10-17(29)9-15/h8-12,22H,5-7,13,29H2,1-4H3,(H,30,31,32). The van der Waals surface area contributed by atoms with Crippen LogP contribution in [0.5, 0.6) is 11.5 Å². The normalized spacial score (nSPS) is 16.5. The van der Waals surface area contributed by atoms with Crippen LogP contribution in [-0.4, -0.2) is 35.4 Å². The number of benzene rings is 2. The van der Waals surface area contributed by atoms with Crippen molar-refractivity contribution in [1.82, 2.24) is 9.97 Å². The quantitative estimate of drug-likeness (QED) is 0.423. The lowest BCUT2D eigenvalue weighted by molar-refractivity contribution is -0.137. The van der Waals surface area contributed by atoms with Crippen molar-refractivity contribution < 1.29 is 27.4 Å². The molecule has 1 saturated heterocycles. The summed E-state index contributed by atoms with van der Waals surface area (Å²) in [6.07, 6.45) is -2.66. The summed E-state index contributed by atoms with van der Waals surface area (Å²) in [5, 5.41) is 3.79. The fourth-order valence-corrected chi connectivity index (χ4v) is 4.27. The molecular formula is C25H29F3N4O3. The third-order valence-electron chi connectivity index (χ3n) is 5.97. The molecule has 4 rings (SSSR count). The lowest BCUT2D eigenvalue weighted by atomic mass is 9.99. The monoisotopic (exact) mass is 490 g/mol. The van der Waals surface area contributed by atoms with E-state index in [4.69, 9.17) is 19.9 Å². The first-order chi connectivity index (χ1) is 16.5. The van der Waals surface area contributed by atoms with Crippen molar-refractivity contribution in [3.05, 3.63) is 47.3 Å². The highest BCUT2D eigenvalue weighted by molar-refractivity contribution is 5.91. The lowest BCUT2D eigenvalue weighted by Gasteiger charge is -2.32.